The van der Waals surface area contributed by atoms with E-state index in [9.17, 15) is 28.0 Å². The third-order valence-electron chi connectivity index (χ3n) is 6.22. The molecule has 0 aliphatic rings. The number of aromatic nitrogens is 2. The lowest BCUT2D eigenvalue weighted by Crippen LogP contribution is -2.10. The average Bonchev–Trinajstić information content (AvgIpc) is 3.51. The molecule has 0 saturated heterocycles. The number of H-pyrrole nitrogens is 2. The Labute approximate surface area is 268 Å². The van der Waals surface area contributed by atoms with Gasteiger partial charge in [0.2, 0.25) is 0 Å². The lowest BCUT2D eigenvalue weighted by Gasteiger charge is -2.06. The monoisotopic (exact) mass is 694 g/mol. The minimum atomic E-state index is -1.28. The second-order valence-electron chi connectivity index (χ2n) is 9.00. The number of aromatic amines is 2. The van der Waals surface area contributed by atoms with Crippen LogP contribution < -0.4 is 0 Å². The molecule has 10 nitrogen and oxygen atoms in total. The summed E-state index contributed by atoms with van der Waals surface area (Å²) in [7, 11) is 0. The number of carbonyl (C=O) groups excluding carboxylic acids is 2. The summed E-state index contributed by atoms with van der Waals surface area (Å²) in [6.07, 6.45) is -0.215. The van der Waals surface area contributed by atoms with E-state index >= 15 is 0 Å². The second kappa shape index (κ2) is 14.9. The third-order valence-corrected chi connectivity index (χ3v) is 7.48. The van der Waals surface area contributed by atoms with Crippen molar-refractivity contribution in [3.8, 4) is 0 Å². The molecule has 2 aromatic heterocycles. The summed E-state index contributed by atoms with van der Waals surface area (Å²) in [5.41, 5.74) is 1.10. The topological polar surface area (TPSA) is 159 Å². The quantitative estimate of drug-likeness (QED) is 0.0974. The number of nitrogens with one attached hydrogen (secondary N) is 2. The zero-order valence-electron chi connectivity index (χ0n) is 23.0. The van der Waals surface area contributed by atoms with Gasteiger partial charge in [0, 0.05) is 34.6 Å². The number of fused-ring (bicyclic) bond motifs is 2. The predicted molar refractivity (Wildman–Crippen MR) is 160 cm³/mol. The normalized spacial score (nSPS) is 10.9. The zero-order chi connectivity index (χ0) is 32.9. The smallest absolute Gasteiger partial charge is 0.355 e. The van der Waals surface area contributed by atoms with Crippen molar-refractivity contribution in [2.45, 2.75) is 39.5 Å². The van der Waals surface area contributed by atoms with Crippen LogP contribution in [-0.4, -0.2) is 57.3 Å². The van der Waals surface area contributed by atoms with E-state index in [1.807, 2.05) is 0 Å². The summed E-state index contributed by atoms with van der Waals surface area (Å²) < 4.78 is 37.6. The third kappa shape index (κ3) is 7.55. The number of esters is 2. The molecule has 44 heavy (non-hydrogen) atoms. The van der Waals surface area contributed by atoms with E-state index in [2.05, 4.69) is 9.97 Å². The maximum Gasteiger partial charge on any atom is 0.355 e. The van der Waals surface area contributed by atoms with Gasteiger partial charge in [0.1, 0.15) is 11.4 Å². The fourth-order valence-electron chi connectivity index (χ4n) is 4.40. The Hall–Kier alpha value is -3.58. The number of aromatic carboxylic acids is 1. The molecule has 0 fully saturated rings. The van der Waals surface area contributed by atoms with Crippen LogP contribution in [0.3, 0.4) is 0 Å². The Morgan fingerprint density at radius 1 is 0.750 bits per heavy atom. The van der Waals surface area contributed by atoms with Crippen molar-refractivity contribution in [1.29, 1.82) is 0 Å². The maximum absolute atomic E-state index is 14.0. The van der Waals surface area contributed by atoms with Gasteiger partial charge in [-0.2, -0.15) is 0 Å². The average molecular weight is 696 g/mol. The molecule has 236 valence electrons. The van der Waals surface area contributed by atoms with E-state index < -0.39 is 35.5 Å². The molecule has 16 heteroatoms. The van der Waals surface area contributed by atoms with Gasteiger partial charge < -0.3 is 29.7 Å². The van der Waals surface area contributed by atoms with Crippen LogP contribution in [-0.2, 0) is 31.9 Å². The van der Waals surface area contributed by atoms with Gasteiger partial charge in [-0.3, -0.25) is 9.59 Å². The van der Waals surface area contributed by atoms with Crippen LogP contribution in [0.15, 0.2) is 12.1 Å². The van der Waals surface area contributed by atoms with Crippen molar-refractivity contribution >= 4 is 92.1 Å². The molecule has 0 radical (unpaired) electrons. The number of hydrogen-bond donors (Lipinski definition) is 4. The molecule has 0 amide bonds. The Morgan fingerprint density at radius 2 is 1.20 bits per heavy atom. The molecular formula is C28H24Cl4F2N2O8. The Balaban J connectivity index is 0.000000244. The highest BCUT2D eigenvalue weighted by Gasteiger charge is 2.25. The fraction of sp³-hybridized carbons (Fsp3) is 0.286. The van der Waals surface area contributed by atoms with Gasteiger partial charge in [-0.25, -0.2) is 18.4 Å². The Kier molecular flexibility index (Phi) is 11.8. The molecule has 4 rings (SSSR count). The SMILES string of the molecule is CCOC(=O)CCc1c(C(=O)OCC)[nH]c2cc(Cl)c(F)c(Cl)c12.O=C(O)CCc1c(C(=O)O)[nH]c2cc(Cl)c(F)c(Cl)c12. The summed E-state index contributed by atoms with van der Waals surface area (Å²) >= 11 is 23.3. The fourth-order valence-corrected chi connectivity index (χ4v) is 5.54. The highest BCUT2D eigenvalue weighted by Crippen LogP contribution is 2.37. The lowest BCUT2D eigenvalue weighted by atomic mass is 10.0. The number of carboxylic acid groups (broad SMARTS) is 2. The van der Waals surface area contributed by atoms with Crippen molar-refractivity contribution in [2.75, 3.05) is 13.2 Å². The van der Waals surface area contributed by atoms with E-state index in [0.29, 0.717) is 16.5 Å². The molecule has 0 saturated carbocycles. The molecular weight excluding hydrogens is 672 g/mol. The van der Waals surface area contributed by atoms with Gasteiger partial charge in [-0.05, 0) is 49.9 Å². The van der Waals surface area contributed by atoms with Crippen LogP contribution >= 0.6 is 46.4 Å². The number of benzene rings is 2. The Bertz CT molecular complexity index is 1770. The first-order chi connectivity index (χ1) is 20.7. The van der Waals surface area contributed by atoms with Gasteiger partial charge in [0.05, 0.1) is 33.3 Å². The molecule has 2 aromatic carbocycles. The van der Waals surface area contributed by atoms with Gasteiger partial charge in [-0.15, -0.1) is 0 Å². The molecule has 0 aliphatic heterocycles. The van der Waals surface area contributed by atoms with Crippen LogP contribution in [0.25, 0.3) is 21.8 Å². The number of aryl methyl sites for hydroxylation is 2. The van der Waals surface area contributed by atoms with Crippen LogP contribution in [0.4, 0.5) is 8.78 Å². The molecule has 0 aliphatic carbocycles. The van der Waals surface area contributed by atoms with Crippen LogP contribution in [0.1, 0.15) is 58.8 Å². The van der Waals surface area contributed by atoms with Crippen LogP contribution in [0, 0.1) is 11.6 Å². The standard InChI is InChI=1S/C16H16Cl2FNO4.C12H8Cl2FNO4/c1-3-23-11(21)6-5-8-12-10(7-9(17)14(19)13(12)18)20-15(8)16(22)24-4-2;13-5-3-6-8(9(14)10(5)15)4(1-2-7(17)18)11(16-6)12(19)20/h7,20H,3-6H2,1-2H3;3,16H,1-2H2,(H,17,18)(H,19,20). The predicted octanol–water partition coefficient (Wildman–Crippen LogP) is 7.62. The zero-order valence-corrected chi connectivity index (χ0v) is 26.0. The number of carbonyl (C=O) groups is 4. The highest BCUT2D eigenvalue weighted by molar-refractivity contribution is 6.40. The summed E-state index contributed by atoms with van der Waals surface area (Å²) in [6, 6.07) is 2.56. The summed E-state index contributed by atoms with van der Waals surface area (Å²) in [4.78, 5) is 51.0. The van der Waals surface area contributed by atoms with Gasteiger partial charge in [0.15, 0.2) is 11.6 Å². The molecule has 0 unspecified atom stereocenters. The number of rotatable bonds is 10. The largest absolute Gasteiger partial charge is 0.481 e. The molecule has 0 bridgehead atoms. The van der Waals surface area contributed by atoms with E-state index in [1.54, 1.807) is 13.8 Å². The van der Waals surface area contributed by atoms with E-state index in [0.717, 1.165) is 0 Å². The summed E-state index contributed by atoms with van der Waals surface area (Å²) in [5.74, 6) is -5.06. The number of aliphatic carboxylic acids is 1. The van der Waals surface area contributed by atoms with Gasteiger partial charge in [0.25, 0.3) is 0 Å². The number of carboxylic acids is 2. The number of hydrogen-bond acceptors (Lipinski definition) is 6. The van der Waals surface area contributed by atoms with Crippen molar-refractivity contribution in [1.82, 2.24) is 9.97 Å². The minimum Gasteiger partial charge on any atom is -0.481 e. The van der Waals surface area contributed by atoms with E-state index in [1.165, 1.54) is 12.1 Å². The van der Waals surface area contributed by atoms with Gasteiger partial charge in [-0.1, -0.05) is 46.4 Å². The number of halogens is 6. The van der Waals surface area contributed by atoms with Crippen LogP contribution in [0.5, 0.6) is 0 Å². The van der Waals surface area contributed by atoms with Crippen molar-refractivity contribution in [3.05, 3.63) is 66.4 Å². The lowest BCUT2D eigenvalue weighted by molar-refractivity contribution is -0.143. The molecule has 4 N–H and O–H groups in total. The highest BCUT2D eigenvalue weighted by atomic mass is 35.5. The first-order valence-electron chi connectivity index (χ1n) is 12.9. The molecule has 0 spiro atoms. The van der Waals surface area contributed by atoms with Crippen LogP contribution in [0.2, 0.25) is 20.1 Å². The Morgan fingerprint density at radius 3 is 1.66 bits per heavy atom. The van der Waals surface area contributed by atoms with Gasteiger partial charge >= 0.3 is 23.9 Å². The minimum absolute atomic E-state index is 0.0216. The van der Waals surface area contributed by atoms with Crippen molar-refractivity contribution in [3.63, 3.8) is 0 Å². The number of ether oxygens (including phenoxy) is 2. The van der Waals surface area contributed by atoms with E-state index in [-0.39, 0.29) is 86.8 Å². The van der Waals surface area contributed by atoms with E-state index in [4.69, 9.17) is 66.1 Å². The summed E-state index contributed by atoms with van der Waals surface area (Å²) in [6.45, 7) is 3.79. The molecule has 0 atom stereocenters. The van der Waals surface area contributed by atoms with Crippen molar-refractivity contribution in [2.24, 2.45) is 0 Å². The molecule has 4 aromatic rings. The summed E-state index contributed by atoms with van der Waals surface area (Å²) in [5, 5.41) is 17.3. The second-order valence-corrected chi connectivity index (χ2v) is 10.6. The molecule has 2 heterocycles. The first-order valence-corrected chi connectivity index (χ1v) is 14.4. The first kappa shape index (κ1) is 34.9. The maximum atomic E-state index is 14.0. The van der Waals surface area contributed by atoms with Crippen molar-refractivity contribution < 1.29 is 47.6 Å².